The summed E-state index contributed by atoms with van der Waals surface area (Å²) in [4.78, 5) is 2.29. The van der Waals surface area contributed by atoms with Crippen molar-refractivity contribution >= 4 is 17.3 Å². The molecule has 0 radical (unpaired) electrons. The van der Waals surface area contributed by atoms with Gasteiger partial charge in [-0.1, -0.05) is 11.6 Å². The Labute approximate surface area is 94.7 Å². The van der Waals surface area contributed by atoms with Crippen LogP contribution in [0, 0.1) is 0 Å². The molecule has 1 aromatic carbocycles. The molecule has 0 bridgehead atoms. The van der Waals surface area contributed by atoms with Crippen molar-refractivity contribution in [1.82, 2.24) is 4.90 Å². The van der Waals surface area contributed by atoms with E-state index in [1.54, 1.807) is 12.1 Å². The van der Waals surface area contributed by atoms with E-state index in [0.29, 0.717) is 11.1 Å². The number of rotatable bonds is 2. The van der Waals surface area contributed by atoms with Crippen LogP contribution in [0.1, 0.15) is 6.42 Å². The molecule has 1 heterocycles. The van der Waals surface area contributed by atoms with E-state index < -0.39 is 0 Å². The summed E-state index contributed by atoms with van der Waals surface area (Å²) < 4.78 is 0. The van der Waals surface area contributed by atoms with Gasteiger partial charge in [0.25, 0.3) is 0 Å². The summed E-state index contributed by atoms with van der Waals surface area (Å²) in [5.74, 6) is 0.130. The molecule has 1 aromatic rings. The minimum Gasteiger partial charge on any atom is -0.506 e. The lowest BCUT2D eigenvalue weighted by molar-refractivity contribution is 0.414. The zero-order valence-electron chi connectivity index (χ0n) is 8.70. The number of benzene rings is 1. The predicted octanol–water partition coefficient (Wildman–Crippen LogP) is 2.16. The molecule has 0 aromatic heterocycles. The Balaban J connectivity index is 2.02. The highest BCUT2D eigenvalue weighted by molar-refractivity contribution is 6.32. The van der Waals surface area contributed by atoms with Gasteiger partial charge in [-0.3, -0.25) is 0 Å². The van der Waals surface area contributed by atoms with E-state index in [1.165, 1.54) is 0 Å². The SMILES string of the molecule is CN1CCC(Nc2ccc(O)c(Cl)c2)C1. The maximum Gasteiger partial charge on any atom is 0.134 e. The van der Waals surface area contributed by atoms with E-state index >= 15 is 0 Å². The highest BCUT2D eigenvalue weighted by atomic mass is 35.5. The van der Waals surface area contributed by atoms with Crippen LogP contribution in [0.4, 0.5) is 5.69 Å². The smallest absolute Gasteiger partial charge is 0.134 e. The Kier molecular flexibility index (Phi) is 3.03. The molecule has 15 heavy (non-hydrogen) atoms. The fourth-order valence-corrected chi connectivity index (χ4v) is 2.07. The highest BCUT2D eigenvalue weighted by Crippen LogP contribution is 2.27. The molecule has 82 valence electrons. The number of nitrogens with zero attached hydrogens (tertiary/aromatic N) is 1. The van der Waals surface area contributed by atoms with Crippen molar-refractivity contribution in [3.05, 3.63) is 23.2 Å². The average Bonchev–Trinajstić information content (AvgIpc) is 2.58. The molecule has 1 fully saturated rings. The van der Waals surface area contributed by atoms with E-state index in [-0.39, 0.29) is 5.75 Å². The lowest BCUT2D eigenvalue weighted by Crippen LogP contribution is -2.23. The summed E-state index contributed by atoms with van der Waals surface area (Å²) in [5.41, 5.74) is 0.970. The largest absolute Gasteiger partial charge is 0.506 e. The maximum absolute atomic E-state index is 9.28. The quantitative estimate of drug-likeness (QED) is 0.759. The van der Waals surface area contributed by atoms with Crippen molar-refractivity contribution in [2.24, 2.45) is 0 Å². The summed E-state index contributed by atoms with van der Waals surface area (Å²) >= 11 is 5.83. The monoisotopic (exact) mass is 226 g/mol. The molecule has 1 saturated heterocycles. The third-order valence-electron chi connectivity index (χ3n) is 2.71. The Morgan fingerprint density at radius 2 is 2.33 bits per heavy atom. The Morgan fingerprint density at radius 1 is 1.53 bits per heavy atom. The van der Waals surface area contributed by atoms with Gasteiger partial charge in [0, 0.05) is 18.3 Å². The van der Waals surface area contributed by atoms with Gasteiger partial charge in [0.1, 0.15) is 5.75 Å². The number of phenols is 1. The van der Waals surface area contributed by atoms with E-state index in [2.05, 4.69) is 17.3 Å². The molecule has 1 atom stereocenters. The molecule has 0 saturated carbocycles. The highest BCUT2D eigenvalue weighted by Gasteiger charge is 2.18. The third-order valence-corrected chi connectivity index (χ3v) is 3.01. The molecule has 0 amide bonds. The number of anilines is 1. The molecule has 2 N–H and O–H groups in total. The number of halogens is 1. The van der Waals surface area contributed by atoms with E-state index in [0.717, 1.165) is 25.2 Å². The van der Waals surface area contributed by atoms with Crippen LogP contribution in [-0.2, 0) is 0 Å². The van der Waals surface area contributed by atoms with Crippen LogP contribution in [0.15, 0.2) is 18.2 Å². The van der Waals surface area contributed by atoms with Crippen LogP contribution in [0.2, 0.25) is 5.02 Å². The number of nitrogens with one attached hydrogen (secondary N) is 1. The van der Waals surface area contributed by atoms with Gasteiger partial charge in [-0.05, 0) is 38.2 Å². The summed E-state index contributed by atoms with van der Waals surface area (Å²) in [6, 6.07) is 5.70. The second-order valence-electron chi connectivity index (χ2n) is 4.06. The molecule has 1 unspecified atom stereocenters. The van der Waals surface area contributed by atoms with E-state index in [4.69, 9.17) is 11.6 Å². The first-order valence-corrected chi connectivity index (χ1v) is 5.46. The first-order chi connectivity index (χ1) is 7.15. The third kappa shape index (κ3) is 2.55. The molecule has 2 rings (SSSR count). The predicted molar refractivity (Wildman–Crippen MR) is 62.6 cm³/mol. The molecule has 1 aliphatic rings. The standard InChI is InChI=1S/C11H15ClN2O/c1-14-5-4-9(7-14)13-8-2-3-11(15)10(12)6-8/h2-3,6,9,13,15H,4-5,7H2,1H3. The van der Waals surface area contributed by atoms with Crippen LogP contribution in [0.5, 0.6) is 5.75 Å². The van der Waals surface area contributed by atoms with Crippen LogP contribution < -0.4 is 5.32 Å². The lowest BCUT2D eigenvalue weighted by Gasteiger charge is -2.14. The molecule has 1 aliphatic heterocycles. The van der Waals surface area contributed by atoms with Gasteiger partial charge < -0.3 is 15.3 Å². The second-order valence-corrected chi connectivity index (χ2v) is 4.47. The van der Waals surface area contributed by atoms with E-state index in [9.17, 15) is 5.11 Å². The molecular weight excluding hydrogens is 212 g/mol. The molecular formula is C11H15ClN2O. The maximum atomic E-state index is 9.28. The van der Waals surface area contributed by atoms with Crippen LogP contribution in [-0.4, -0.2) is 36.2 Å². The Morgan fingerprint density at radius 3 is 2.93 bits per heavy atom. The Hall–Kier alpha value is -0.930. The minimum absolute atomic E-state index is 0.130. The zero-order valence-corrected chi connectivity index (χ0v) is 9.46. The fourth-order valence-electron chi connectivity index (χ4n) is 1.89. The van der Waals surface area contributed by atoms with Crippen molar-refractivity contribution in [3.8, 4) is 5.75 Å². The van der Waals surface area contributed by atoms with Crippen molar-refractivity contribution in [2.45, 2.75) is 12.5 Å². The first kappa shape index (κ1) is 10.6. The number of hydrogen-bond donors (Lipinski definition) is 2. The van der Waals surface area contributed by atoms with Gasteiger partial charge in [-0.25, -0.2) is 0 Å². The number of aromatic hydroxyl groups is 1. The number of likely N-dealkylation sites (tertiary alicyclic amines) is 1. The first-order valence-electron chi connectivity index (χ1n) is 5.09. The van der Waals surface area contributed by atoms with Crippen LogP contribution >= 0.6 is 11.6 Å². The topological polar surface area (TPSA) is 35.5 Å². The second kappa shape index (κ2) is 4.29. The van der Waals surface area contributed by atoms with E-state index in [1.807, 2.05) is 6.07 Å². The van der Waals surface area contributed by atoms with Crippen molar-refractivity contribution in [1.29, 1.82) is 0 Å². The molecule has 4 heteroatoms. The molecule has 0 spiro atoms. The summed E-state index contributed by atoms with van der Waals surface area (Å²) in [7, 11) is 2.12. The minimum atomic E-state index is 0.130. The number of hydrogen-bond acceptors (Lipinski definition) is 3. The average molecular weight is 227 g/mol. The summed E-state index contributed by atoms with van der Waals surface area (Å²) in [6.45, 7) is 2.18. The summed E-state index contributed by atoms with van der Waals surface area (Å²) in [5, 5.41) is 13.1. The van der Waals surface area contributed by atoms with Crippen LogP contribution in [0.25, 0.3) is 0 Å². The van der Waals surface area contributed by atoms with Crippen molar-refractivity contribution in [2.75, 3.05) is 25.5 Å². The van der Waals surface area contributed by atoms with Gasteiger partial charge in [-0.15, -0.1) is 0 Å². The molecule has 0 aliphatic carbocycles. The number of likely N-dealkylation sites (N-methyl/N-ethyl adjacent to an activating group) is 1. The van der Waals surface area contributed by atoms with Crippen LogP contribution in [0.3, 0.4) is 0 Å². The zero-order chi connectivity index (χ0) is 10.8. The molecule has 3 nitrogen and oxygen atoms in total. The normalized spacial score (nSPS) is 21.9. The van der Waals surface area contributed by atoms with Gasteiger partial charge in [0.2, 0.25) is 0 Å². The number of phenolic OH excluding ortho intramolecular Hbond substituents is 1. The van der Waals surface area contributed by atoms with Gasteiger partial charge >= 0.3 is 0 Å². The lowest BCUT2D eigenvalue weighted by atomic mass is 10.2. The van der Waals surface area contributed by atoms with Gasteiger partial charge in [0.05, 0.1) is 5.02 Å². The van der Waals surface area contributed by atoms with Gasteiger partial charge in [-0.2, -0.15) is 0 Å². The Bertz CT molecular complexity index is 356. The fraction of sp³-hybridized carbons (Fsp3) is 0.455. The van der Waals surface area contributed by atoms with Crippen molar-refractivity contribution < 1.29 is 5.11 Å². The van der Waals surface area contributed by atoms with Crippen molar-refractivity contribution in [3.63, 3.8) is 0 Å². The van der Waals surface area contributed by atoms with Gasteiger partial charge in [0.15, 0.2) is 0 Å². The summed E-state index contributed by atoms with van der Waals surface area (Å²) in [6.07, 6.45) is 1.15.